The zero-order valence-corrected chi connectivity index (χ0v) is 17.5. The SMILES string of the molecule is CC(=O)Oc1cccc(C(=O)N2CCC(CNC(=O)Cc3ccc(C)cc3)CC2)c1. The van der Waals surface area contributed by atoms with Gasteiger partial charge in [-0.3, -0.25) is 14.4 Å². The number of ether oxygens (including phenoxy) is 1. The van der Waals surface area contributed by atoms with Gasteiger partial charge in [-0.05, 0) is 49.4 Å². The van der Waals surface area contributed by atoms with Gasteiger partial charge in [-0.2, -0.15) is 0 Å². The first-order chi connectivity index (χ1) is 14.4. The summed E-state index contributed by atoms with van der Waals surface area (Å²) in [6, 6.07) is 14.7. The molecule has 0 atom stereocenters. The molecule has 30 heavy (non-hydrogen) atoms. The number of carbonyl (C=O) groups excluding carboxylic acids is 3. The van der Waals surface area contributed by atoms with Crippen molar-refractivity contribution >= 4 is 17.8 Å². The highest BCUT2D eigenvalue weighted by Crippen LogP contribution is 2.21. The Morgan fingerprint density at radius 1 is 1.07 bits per heavy atom. The number of likely N-dealkylation sites (tertiary alicyclic amines) is 1. The molecule has 158 valence electrons. The Bertz CT molecular complexity index is 900. The van der Waals surface area contributed by atoms with Gasteiger partial charge in [0.15, 0.2) is 0 Å². The van der Waals surface area contributed by atoms with E-state index in [0.29, 0.717) is 43.3 Å². The van der Waals surface area contributed by atoms with Gasteiger partial charge < -0.3 is 15.0 Å². The molecule has 0 radical (unpaired) electrons. The number of nitrogens with zero attached hydrogens (tertiary/aromatic N) is 1. The highest BCUT2D eigenvalue weighted by molar-refractivity contribution is 5.94. The maximum absolute atomic E-state index is 12.8. The zero-order chi connectivity index (χ0) is 21.5. The molecule has 0 aromatic heterocycles. The minimum atomic E-state index is -0.412. The lowest BCUT2D eigenvalue weighted by Gasteiger charge is -2.32. The molecular weight excluding hydrogens is 380 g/mol. The van der Waals surface area contributed by atoms with Gasteiger partial charge in [0.2, 0.25) is 5.91 Å². The van der Waals surface area contributed by atoms with Crippen LogP contribution in [-0.4, -0.2) is 42.3 Å². The summed E-state index contributed by atoms with van der Waals surface area (Å²) in [5, 5.41) is 3.03. The fourth-order valence-corrected chi connectivity index (χ4v) is 3.59. The largest absolute Gasteiger partial charge is 0.427 e. The van der Waals surface area contributed by atoms with Crippen LogP contribution >= 0.6 is 0 Å². The summed E-state index contributed by atoms with van der Waals surface area (Å²) in [5.41, 5.74) is 2.70. The van der Waals surface area contributed by atoms with Crippen molar-refractivity contribution in [2.75, 3.05) is 19.6 Å². The van der Waals surface area contributed by atoms with Crippen molar-refractivity contribution in [2.24, 2.45) is 5.92 Å². The molecule has 0 aliphatic carbocycles. The van der Waals surface area contributed by atoms with Gasteiger partial charge in [-0.15, -0.1) is 0 Å². The predicted octanol–water partition coefficient (Wildman–Crippen LogP) is 3.13. The summed E-state index contributed by atoms with van der Waals surface area (Å²) >= 11 is 0. The van der Waals surface area contributed by atoms with Crippen LogP contribution in [0.5, 0.6) is 5.75 Å². The smallest absolute Gasteiger partial charge is 0.308 e. The summed E-state index contributed by atoms with van der Waals surface area (Å²) in [4.78, 5) is 37.9. The van der Waals surface area contributed by atoms with Crippen LogP contribution in [0.4, 0.5) is 0 Å². The molecular formula is C24H28N2O4. The Morgan fingerprint density at radius 3 is 2.43 bits per heavy atom. The lowest BCUT2D eigenvalue weighted by Crippen LogP contribution is -2.41. The molecule has 1 aliphatic rings. The number of hydrogen-bond acceptors (Lipinski definition) is 4. The topological polar surface area (TPSA) is 75.7 Å². The Morgan fingerprint density at radius 2 is 1.77 bits per heavy atom. The Hall–Kier alpha value is -3.15. The number of carbonyl (C=O) groups is 3. The van der Waals surface area contributed by atoms with E-state index in [0.717, 1.165) is 18.4 Å². The number of amides is 2. The lowest BCUT2D eigenvalue weighted by atomic mass is 9.96. The van der Waals surface area contributed by atoms with E-state index in [-0.39, 0.29) is 11.8 Å². The minimum Gasteiger partial charge on any atom is -0.427 e. The number of hydrogen-bond donors (Lipinski definition) is 1. The predicted molar refractivity (Wildman–Crippen MR) is 114 cm³/mol. The Labute approximate surface area is 177 Å². The average molecular weight is 408 g/mol. The van der Waals surface area contributed by atoms with Crippen molar-refractivity contribution < 1.29 is 19.1 Å². The standard InChI is InChI=1S/C24H28N2O4/c1-17-6-8-19(9-7-17)14-23(28)25-16-20-10-12-26(13-11-20)24(29)21-4-3-5-22(15-21)30-18(2)27/h3-9,15,20H,10-14,16H2,1-2H3,(H,25,28). The van der Waals surface area contributed by atoms with Crippen LogP contribution in [-0.2, 0) is 16.0 Å². The number of benzene rings is 2. The van der Waals surface area contributed by atoms with Gasteiger partial charge in [0, 0.05) is 32.1 Å². The van der Waals surface area contributed by atoms with Crippen molar-refractivity contribution in [2.45, 2.75) is 33.1 Å². The third-order valence-electron chi connectivity index (χ3n) is 5.32. The van der Waals surface area contributed by atoms with Gasteiger partial charge in [-0.25, -0.2) is 0 Å². The molecule has 0 bridgehead atoms. The highest BCUT2D eigenvalue weighted by atomic mass is 16.5. The molecule has 3 rings (SSSR count). The van der Waals surface area contributed by atoms with Crippen molar-refractivity contribution in [3.63, 3.8) is 0 Å². The second kappa shape index (κ2) is 10.1. The van der Waals surface area contributed by atoms with E-state index < -0.39 is 5.97 Å². The van der Waals surface area contributed by atoms with E-state index in [9.17, 15) is 14.4 Å². The van der Waals surface area contributed by atoms with E-state index in [1.165, 1.54) is 12.5 Å². The van der Waals surface area contributed by atoms with Crippen molar-refractivity contribution in [1.82, 2.24) is 10.2 Å². The molecule has 2 amide bonds. The summed E-state index contributed by atoms with van der Waals surface area (Å²) in [7, 11) is 0. The Balaban J connectivity index is 1.44. The number of aryl methyl sites for hydroxylation is 1. The van der Waals surface area contributed by atoms with Gasteiger partial charge in [0.25, 0.3) is 5.91 Å². The molecule has 0 saturated carbocycles. The molecule has 1 aliphatic heterocycles. The lowest BCUT2D eigenvalue weighted by molar-refractivity contribution is -0.131. The van der Waals surface area contributed by atoms with Crippen LogP contribution < -0.4 is 10.1 Å². The molecule has 2 aromatic rings. The minimum absolute atomic E-state index is 0.0274. The second-order valence-electron chi connectivity index (χ2n) is 7.82. The van der Waals surface area contributed by atoms with E-state index in [2.05, 4.69) is 5.32 Å². The number of piperidine rings is 1. The molecule has 6 nitrogen and oxygen atoms in total. The molecule has 1 saturated heterocycles. The van der Waals surface area contributed by atoms with E-state index >= 15 is 0 Å². The fourth-order valence-electron chi connectivity index (χ4n) is 3.59. The third kappa shape index (κ3) is 6.17. The van der Waals surface area contributed by atoms with Crippen molar-refractivity contribution in [3.05, 3.63) is 65.2 Å². The summed E-state index contributed by atoms with van der Waals surface area (Å²) < 4.78 is 5.06. The van der Waals surface area contributed by atoms with Gasteiger partial charge >= 0.3 is 5.97 Å². The quantitative estimate of drug-likeness (QED) is 0.589. The van der Waals surface area contributed by atoms with Crippen molar-refractivity contribution in [3.8, 4) is 5.75 Å². The molecule has 2 aromatic carbocycles. The van der Waals surface area contributed by atoms with Crippen LogP contribution in [0, 0.1) is 12.8 Å². The van der Waals surface area contributed by atoms with Crippen LogP contribution in [0.1, 0.15) is 41.3 Å². The normalized spacial score (nSPS) is 14.3. The maximum atomic E-state index is 12.8. The molecule has 0 spiro atoms. The molecule has 0 unspecified atom stereocenters. The molecule has 1 heterocycles. The van der Waals surface area contributed by atoms with Crippen molar-refractivity contribution in [1.29, 1.82) is 0 Å². The van der Waals surface area contributed by atoms with E-state index in [4.69, 9.17) is 4.74 Å². The number of esters is 1. The van der Waals surface area contributed by atoms with Crippen LogP contribution in [0.15, 0.2) is 48.5 Å². The fraction of sp³-hybridized carbons (Fsp3) is 0.375. The van der Waals surface area contributed by atoms with E-state index in [1.807, 2.05) is 36.1 Å². The second-order valence-corrected chi connectivity index (χ2v) is 7.82. The van der Waals surface area contributed by atoms with Gasteiger partial charge in [0.1, 0.15) is 5.75 Å². The maximum Gasteiger partial charge on any atom is 0.308 e. The zero-order valence-electron chi connectivity index (χ0n) is 17.5. The van der Waals surface area contributed by atoms with E-state index in [1.54, 1.807) is 24.3 Å². The van der Waals surface area contributed by atoms with Crippen LogP contribution in [0.2, 0.25) is 0 Å². The Kier molecular flexibility index (Phi) is 7.22. The third-order valence-corrected chi connectivity index (χ3v) is 5.32. The first-order valence-electron chi connectivity index (χ1n) is 10.3. The first kappa shape index (κ1) is 21.6. The van der Waals surface area contributed by atoms with Crippen LogP contribution in [0.25, 0.3) is 0 Å². The first-order valence-corrected chi connectivity index (χ1v) is 10.3. The summed E-state index contributed by atoms with van der Waals surface area (Å²) in [6.07, 6.45) is 2.08. The molecule has 6 heteroatoms. The molecule has 1 N–H and O–H groups in total. The monoisotopic (exact) mass is 408 g/mol. The number of nitrogens with one attached hydrogen (secondary N) is 1. The summed E-state index contributed by atoms with van der Waals surface area (Å²) in [6.45, 7) is 5.29. The van der Waals surface area contributed by atoms with Gasteiger partial charge in [0.05, 0.1) is 6.42 Å². The number of rotatable bonds is 6. The highest BCUT2D eigenvalue weighted by Gasteiger charge is 2.24. The van der Waals surface area contributed by atoms with Crippen LogP contribution in [0.3, 0.4) is 0 Å². The molecule has 1 fully saturated rings. The average Bonchev–Trinajstić information content (AvgIpc) is 2.73. The van der Waals surface area contributed by atoms with Gasteiger partial charge in [-0.1, -0.05) is 35.9 Å². The summed E-state index contributed by atoms with van der Waals surface area (Å²) in [5.74, 6) is 0.290.